The Morgan fingerprint density at radius 1 is 1.29 bits per heavy atom. The van der Waals surface area contributed by atoms with Gasteiger partial charge in [-0.25, -0.2) is 12.8 Å². The Balaban J connectivity index is 1.82. The fraction of sp³-hybridized carbons (Fsp3) is 0.353. The fourth-order valence-corrected chi connectivity index (χ4v) is 3.91. The van der Waals surface area contributed by atoms with Gasteiger partial charge in [-0.05, 0) is 43.2 Å². The smallest absolute Gasteiger partial charge is 0.213 e. The molecule has 0 aliphatic carbocycles. The lowest BCUT2D eigenvalue weighted by Crippen LogP contribution is -2.32. The van der Waals surface area contributed by atoms with Gasteiger partial charge in [0.15, 0.2) is 0 Å². The third-order valence-electron chi connectivity index (χ3n) is 4.09. The second-order valence-corrected chi connectivity index (χ2v) is 7.92. The minimum absolute atomic E-state index is 0.0714. The third-order valence-corrected chi connectivity index (χ3v) is 5.94. The van der Waals surface area contributed by atoms with E-state index in [4.69, 9.17) is 4.74 Å². The first-order chi connectivity index (χ1) is 11.5. The number of hydrogen-bond acceptors (Lipinski definition) is 4. The normalized spacial score (nSPS) is 18.7. The number of benzene rings is 1. The molecule has 0 amide bonds. The summed E-state index contributed by atoms with van der Waals surface area (Å²) in [5.74, 6) is 0.0999. The first-order valence-corrected chi connectivity index (χ1v) is 9.45. The van der Waals surface area contributed by atoms with E-state index in [1.54, 1.807) is 25.4 Å². The van der Waals surface area contributed by atoms with Gasteiger partial charge in [-0.3, -0.25) is 4.98 Å². The van der Waals surface area contributed by atoms with Crippen LogP contribution < -0.4 is 4.74 Å². The van der Waals surface area contributed by atoms with E-state index < -0.39 is 10.0 Å². The predicted molar refractivity (Wildman–Crippen MR) is 89.7 cm³/mol. The molecule has 1 aromatic heterocycles. The Labute approximate surface area is 141 Å². The Morgan fingerprint density at radius 3 is 2.75 bits per heavy atom. The average Bonchev–Trinajstić information content (AvgIpc) is 3.05. The van der Waals surface area contributed by atoms with Crippen molar-refractivity contribution < 1.29 is 17.5 Å². The average molecular weight is 350 g/mol. The summed E-state index contributed by atoms with van der Waals surface area (Å²) >= 11 is 0. The Bertz CT molecular complexity index is 812. The van der Waals surface area contributed by atoms with Crippen LogP contribution in [0.25, 0.3) is 11.1 Å². The summed E-state index contributed by atoms with van der Waals surface area (Å²) in [5.41, 5.74) is 1.63. The van der Waals surface area contributed by atoms with Crippen molar-refractivity contribution in [3.05, 3.63) is 48.5 Å². The van der Waals surface area contributed by atoms with E-state index in [9.17, 15) is 12.8 Å². The molecule has 1 aliphatic heterocycles. The second-order valence-electron chi connectivity index (χ2n) is 5.66. The first kappa shape index (κ1) is 16.9. The highest BCUT2D eigenvalue weighted by Crippen LogP contribution is 2.32. The molecule has 128 valence electrons. The van der Waals surface area contributed by atoms with Gasteiger partial charge in [0.2, 0.25) is 10.0 Å². The molecule has 1 fully saturated rings. The molecule has 2 aromatic rings. The van der Waals surface area contributed by atoms with Gasteiger partial charge in [0.25, 0.3) is 0 Å². The van der Waals surface area contributed by atoms with Crippen LogP contribution in [0.5, 0.6) is 5.75 Å². The largest absolute Gasteiger partial charge is 0.488 e. The number of halogens is 1. The summed E-state index contributed by atoms with van der Waals surface area (Å²) in [5, 5.41) is 0. The molecule has 5 nitrogen and oxygen atoms in total. The van der Waals surface area contributed by atoms with E-state index >= 15 is 0 Å². The van der Waals surface area contributed by atoms with E-state index in [0.29, 0.717) is 25.3 Å². The molecule has 3 rings (SSSR count). The number of sulfonamides is 1. The minimum Gasteiger partial charge on any atom is -0.488 e. The molecule has 1 aliphatic rings. The van der Waals surface area contributed by atoms with Crippen molar-refractivity contribution in [1.82, 2.24) is 9.29 Å². The zero-order valence-electron chi connectivity index (χ0n) is 13.4. The number of nitrogens with zero attached hydrogens (tertiary/aromatic N) is 2. The van der Waals surface area contributed by atoms with Crippen LogP contribution in [-0.2, 0) is 10.0 Å². The van der Waals surface area contributed by atoms with Crippen molar-refractivity contribution >= 4 is 10.0 Å². The molecular weight excluding hydrogens is 331 g/mol. The van der Waals surface area contributed by atoms with Gasteiger partial charge in [-0.15, -0.1) is 0 Å². The van der Waals surface area contributed by atoms with Crippen LogP contribution in [0.2, 0.25) is 0 Å². The summed E-state index contributed by atoms with van der Waals surface area (Å²) < 4.78 is 44.9. The Hall–Kier alpha value is -1.99. The van der Waals surface area contributed by atoms with Crippen LogP contribution in [0.1, 0.15) is 13.3 Å². The minimum atomic E-state index is -3.22. The van der Waals surface area contributed by atoms with Gasteiger partial charge in [-0.1, -0.05) is 0 Å². The molecule has 24 heavy (non-hydrogen) atoms. The van der Waals surface area contributed by atoms with Gasteiger partial charge in [0.1, 0.15) is 17.7 Å². The van der Waals surface area contributed by atoms with Gasteiger partial charge in [0.05, 0.1) is 12.3 Å². The highest BCUT2D eigenvalue weighted by molar-refractivity contribution is 7.89. The molecule has 0 spiro atoms. The molecule has 1 unspecified atom stereocenters. The topological polar surface area (TPSA) is 59.5 Å². The van der Waals surface area contributed by atoms with Gasteiger partial charge in [0, 0.05) is 30.6 Å². The summed E-state index contributed by atoms with van der Waals surface area (Å²) in [6.45, 7) is 2.35. The molecule has 0 bridgehead atoms. The number of ether oxygens (including phenoxy) is 1. The van der Waals surface area contributed by atoms with E-state index in [1.807, 2.05) is 12.1 Å². The van der Waals surface area contributed by atoms with E-state index in [2.05, 4.69) is 4.98 Å². The zero-order chi connectivity index (χ0) is 17.2. The SMILES string of the molecule is CCS(=O)(=O)N1CCC(Oc2cc(F)ccc2-c2ccncc2)C1. The fourth-order valence-electron chi connectivity index (χ4n) is 2.77. The van der Waals surface area contributed by atoms with Crippen LogP contribution in [0.15, 0.2) is 42.7 Å². The predicted octanol–water partition coefficient (Wildman–Crippen LogP) is 2.69. The van der Waals surface area contributed by atoms with Crippen LogP contribution in [0.3, 0.4) is 0 Å². The first-order valence-electron chi connectivity index (χ1n) is 7.84. The molecule has 1 saturated heterocycles. The van der Waals surface area contributed by atoms with Crippen molar-refractivity contribution in [2.75, 3.05) is 18.8 Å². The highest BCUT2D eigenvalue weighted by Gasteiger charge is 2.31. The molecule has 0 N–H and O–H groups in total. The van der Waals surface area contributed by atoms with Gasteiger partial charge < -0.3 is 4.74 Å². The van der Waals surface area contributed by atoms with Crippen molar-refractivity contribution in [2.45, 2.75) is 19.4 Å². The molecule has 1 atom stereocenters. The number of aromatic nitrogens is 1. The molecule has 0 saturated carbocycles. The number of rotatable bonds is 5. The van der Waals surface area contributed by atoms with E-state index in [0.717, 1.165) is 11.1 Å². The van der Waals surface area contributed by atoms with Crippen molar-refractivity contribution in [2.24, 2.45) is 0 Å². The molecule has 2 heterocycles. The van der Waals surface area contributed by atoms with Crippen molar-refractivity contribution in [1.29, 1.82) is 0 Å². The molecular formula is C17H19FN2O3S. The Kier molecular flexibility index (Phi) is 4.82. The maximum Gasteiger partial charge on any atom is 0.213 e. The molecule has 7 heteroatoms. The lowest BCUT2D eigenvalue weighted by Gasteiger charge is -2.18. The summed E-state index contributed by atoms with van der Waals surface area (Å²) in [7, 11) is -3.22. The maximum absolute atomic E-state index is 13.7. The number of hydrogen-bond donors (Lipinski definition) is 0. The summed E-state index contributed by atoms with van der Waals surface area (Å²) in [6, 6.07) is 8.03. The van der Waals surface area contributed by atoms with Crippen LogP contribution in [0, 0.1) is 5.82 Å². The van der Waals surface area contributed by atoms with Crippen LogP contribution in [-0.4, -0.2) is 42.7 Å². The molecule has 1 aromatic carbocycles. The standard InChI is InChI=1S/C17H19FN2O3S/c1-2-24(21,22)20-10-7-15(12-20)23-17-11-14(18)3-4-16(17)13-5-8-19-9-6-13/h3-6,8-9,11,15H,2,7,10,12H2,1H3. The summed E-state index contributed by atoms with van der Waals surface area (Å²) in [4.78, 5) is 3.98. The third kappa shape index (κ3) is 3.57. The lowest BCUT2D eigenvalue weighted by molar-refractivity contribution is 0.215. The summed E-state index contributed by atoms with van der Waals surface area (Å²) in [6.07, 6.45) is 3.63. The monoisotopic (exact) mass is 350 g/mol. The highest BCUT2D eigenvalue weighted by atomic mass is 32.2. The van der Waals surface area contributed by atoms with Crippen LogP contribution >= 0.6 is 0 Å². The van der Waals surface area contributed by atoms with Gasteiger partial charge in [-0.2, -0.15) is 4.31 Å². The quantitative estimate of drug-likeness (QED) is 0.832. The van der Waals surface area contributed by atoms with Gasteiger partial charge >= 0.3 is 0 Å². The van der Waals surface area contributed by atoms with E-state index in [-0.39, 0.29) is 17.7 Å². The lowest BCUT2D eigenvalue weighted by atomic mass is 10.1. The van der Waals surface area contributed by atoms with Crippen LogP contribution in [0.4, 0.5) is 4.39 Å². The Morgan fingerprint density at radius 2 is 2.04 bits per heavy atom. The molecule has 0 radical (unpaired) electrons. The zero-order valence-corrected chi connectivity index (χ0v) is 14.2. The maximum atomic E-state index is 13.7. The second kappa shape index (κ2) is 6.86. The van der Waals surface area contributed by atoms with E-state index in [1.165, 1.54) is 16.4 Å². The number of pyridine rings is 1. The van der Waals surface area contributed by atoms with Crippen molar-refractivity contribution in [3.63, 3.8) is 0 Å². The van der Waals surface area contributed by atoms with Crippen molar-refractivity contribution in [3.8, 4) is 16.9 Å².